The lowest BCUT2D eigenvalue weighted by Crippen LogP contribution is -2.52. The minimum absolute atomic E-state index is 0.598. The van der Waals surface area contributed by atoms with Crippen LogP contribution < -0.4 is 10.1 Å². The van der Waals surface area contributed by atoms with Gasteiger partial charge in [-0.3, -0.25) is 4.90 Å². The SMILES string of the molecule is CCNC(=NCc1ccnc(OC)c1)N1CCN(Cc2ccon2)CC1. The van der Waals surface area contributed by atoms with E-state index >= 15 is 0 Å². The van der Waals surface area contributed by atoms with Crippen LogP contribution in [0.4, 0.5) is 0 Å². The second-order valence-corrected chi connectivity index (χ2v) is 6.13. The van der Waals surface area contributed by atoms with Crippen molar-refractivity contribution in [3.8, 4) is 5.88 Å². The molecule has 26 heavy (non-hydrogen) atoms. The molecule has 1 saturated heterocycles. The second-order valence-electron chi connectivity index (χ2n) is 6.13. The van der Waals surface area contributed by atoms with Crippen molar-refractivity contribution < 1.29 is 9.26 Å². The van der Waals surface area contributed by atoms with Crippen molar-refractivity contribution in [2.24, 2.45) is 4.99 Å². The summed E-state index contributed by atoms with van der Waals surface area (Å²) in [6.45, 7) is 8.17. The number of ether oxygens (including phenoxy) is 1. The van der Waals surface area contributed by atoms with E-state index in [0.29, 0.717) is 12.4 Å². The van der Waals surface area contributed by atoms with E-state index in [1.54, 1.807) is 19.6 Å². The minimum Gasteiger partial charge on any atom is -0.481 e. The lowest BCUT2D eigenvalue weighted by atomic mass is 10.2. The van der Waals surface area contributed by atoms with Gasteiger partial charge in [0.15, 0.2) is 5.96 Å². The molecule has 0 saturated carbocycles. The standard InChI is InChI=1S/C18H26N6O2/c1-3-19-18(21-13-15-4-6-20-17(12-15)25-2)24-9-7-23(8-10-24)14-16-5-11-26-22-16/h4-6,11-12H,3,7-10,13-14H2,1-2H3,(H,19,21). The van der Waals surface area contributed by atoms with E-state index in [0.717, 1.165) is 56.5 Å². The van der Waals surface area contributed by atoms with Gasteiger partial charge < -0.3 is 19.5 Å². The van der Waals surface area contributed by atoms with Crippen LogP contribution in [0.5, 0.6) is 5.88 Å². The van der Waals surface area contributed by atoms with E-state index in [4.69, 9.17) is 14.3 Å². The third-order valence-corrected chi connectivity index (χ3v) is 4.30. The first kappa shape index (κ1) is 18.2. The topological polar surface area (TPSA) is 79.0 Å². The van der Waals surface area contributed by atoms with Crippen molar-refractivity contribution in [1.29, 1.82) is 0 Å². The molecule has 3 heterocycles. The van der Waals surface area contributed by atoms with Crippen LogP contribution >= 0.6 is 0 Å². The average molecular weight is 358 g/mol. The summed E-state index contributed by atoms with van der Waals surface area (Å²) in [5.41, 5.74) is 2.06. The number of hydrogen-bond acceptors (Lipinski definition) is 6. The van der Waals surface area contributed by atoms with Crippen LogP contribution in [-0.2, 0) is 13.1 Å². The Morgan fingerprint density at radius 3 is 2.85 bits per heavy atom. The molecule has 0 aromatic carbocycles. The second kappa shape index (κ2) is 9.19. The van der Waals surface area contributed by atoms with E-state index in [2.05, 4.69) is 32.2 Å². The predicted octanol–water partition coefficient (Wildman–Crippen LogP) is 1.36. The normalized spacial score (nSPS) is 15.9. The number of methoxy groups -OCH3 is 1. The quantitative estimate of drug-likeness (QED) is 0.617. The Kier molecular flexibility index (Phi) is 6.43. The largest absolute Gasteiger partial charge is 0.481 e. The number of pyridine rings is 1. The van der Waals surface area contributed by atoms with Gasteiger partial charge in [-0.15, -0.1) is 0 Å². The fourth-order valence-electron chi connectivity index (χ4n) is 2.92. The summed E-state index contributed by atoms with van der Waals surface area (Å²) in [6.07, 6.45) is 3.37. The summed E-state index contributed by atoms with van der Waals surface area (Å²) < 4.78 is 10.1. The van der Waals surface area contributed by atoms with Crippen LogP contribution in [0.3, 0.4) is 0 Å². The molecule has 2 aromatic heterocycles. The lowest BCUT2D eigenvalue weighted by Gasteiger charge is -2.36. The third kappa shape index (κ3) is 4.95. The number of guanidine groups is 1. The van der Waals surface area contributed by atoms with Gasteiger partial charge in [-0.1, -0.05) is 5.16 Å². The molecule has 0 aliphatic carbocycles. The highest BCUT2D eigenvalue weighted by Gasteiger charge is 2.20. The molecule has 0 amide bonds. The molecule has 0 unspecified atom stereocenters. The van der Waals surface area contributed by atoms with Crippen LogP contribution in [0.1, 0.15) is 18.2 Å². The van der Waals surface area contributed by atoms with Gasteiger partial charge in [0.05, 0.1) is 19.3 Å². The van der Waals surface area contributed by atoms with Crippen molar-refractivity contribution in [3.05, 3.63) is 41.9 Å². The predicted molar refractivity (Wildman–Crippen MR) is 99.0 cm³/mol. The molecule has 1 N–H and O–H groups in total. The zero-order valence-electron chi connectivity index (χ0n) is 15.4. The van der Waals surface area contributed by atoms with Gasteiger partial charge in [0, 0.05) is 57.6 Å². The van der Waals surface area contributed by atoms with Gasteiger partial charge in [-0.25, -0.2) is 9.98 Å². The molecular weight excluding hydrogens is 332 g/mol. The first-order valence-electron chi connectivity index (χ1n) is 8.92. The highest BCUT2D eigenvalue weighted by molar-refractivity contribution is 5.80. The van der Waals surface area contributed by atoms with Crippen LogP contribution in [-0.4, -0.2) is 65.7 Å². The van der Waals surface area contributed by atoms with E-state index in [1.807, 2.05) is 18.2 Å². The third-order valence-electron chi connectivity index (χ3n) is 4.30. The number of piperazine rings is 1. The lowest BCUT2D eigenvalue weighted by molar-refractivity contribution is 0.169. The maximum atomic E-state index is 5.18. The fraction of sp³-hybridized carbons (Fsp3) is 0.500. The van der Waals surface area contributed by atoms with Crippen LogP contribution in [0.15, 0.2) is 40.2 Å². The molecule has 1 aliphatic rings. The van der Waals surface area contributed by atoms with E-state index < -0.39 is 0 Å². The molecule has 2 aromatic rings. The first-order chi connectivity index (χ1) is 12.8. The van der Waals surface area contributed by atoms with Gasteiger partial charge in [0.25, 0.3) is 0 Å². The van der Waals surface area contributed by atoms with Crippen LogP contribution in [0.25, 0.3) is 0 Å². The minimum atomic E-state index is 0.598. The zero-order valence-corrected chi connectivity index (χ0v) is 15.4. The summed E-state index contributed by atoms with van der Waals surface area (Å²) in [6, 6.07) is 5.80. The number of aromatic nitrogens is 2. The van der Waals surface area contributed by atoms with E-state index in [9.17, 15) is 0 Å². The smallest absolute Gasteiger partial charge is 0.213 e. The van der Waals surface area contributed by atoms with Gasteiger partial charge in [-0.05, 0) is 18.6 Å². The molecule has 0 atom stereocenters. The highest BCUT2D eigenvalue weighted by Crippen LogP contribution is 2.11. The number of nitrogens with zero attached hydrogens (tertiary/aromatic N) is 5. The van der Waals surface area contributed by atoms with E-state index in [-0.39, 0.29) is 0 Å². The molecule has 3 rings (SSSR count). The van der Waals surface area contributed by atoms with Gasteiger partial charge in [0.2, 0.25) is 5.88 Å². The Hall–Kier alpha value is -2.61. The Morgan fingerprint density at radius 2 is 2.15 bits per heavy atom. The van der Waals surface area contributed by atoms with Gasteiger partial charge in [0.1, 0.15) is 6.26 Å². The summed E-state index contributed by atoms with van der Waals surface area (Å²) >= 11 is 0. The van der Waals surface area contributed by atoms with Crippen molar-refractivity contribution in [2.75, 3.05) is 39.8 Å². The molecule has 8 nitrogen and oxygen atoms in total. The van der Waals surface area contributed by atoms with Crippen molar-refractivity contribution in [1.82, 2.24) is 25.3 Å². The van der Waals surface area contributed by atoms with Gasteiger partial charge >= 0.3 is 0 Å². The molecule has 1 fully saturated rings. The average Bonchev–Trinajstić information content (AvgIpc) is 3.19. The summed E-state index contributed by atoms with van der Waals surface area (Å²) in [5, 5.41) is 7.38. The number of rotatable bonds is 6. The maximum absolute atomic E-state index is 5.18. The Labute approximate surface area is 153 Å². The summed E-state index contributed by atoms with van der Waals surface area (Å²) in [5.74, 6) is 1.56. The molecule has 0 spiro atoms. The van der Waals surface area contributed by atoms with E-state index in [1.165, 1.54) is 0 Å². The number of nitrogens with one attached hydrogen (secondary N) is 1. The Bertz CT molecular complexity index is 695. The summed E-state index contributed by atoms with van der Waals surface area (Å²) in [4.78, 5) is 13.6. The van der Waals surface area contributed by atoms with Crippen molar-refractivity contribution >= 4 is 5.96 Å². The van der Waals surface area contributed by atoms with Gasteiger partial charge in [-0.2, -0.15) is 0 Å². The Balaban J connectivity index is 1.57. The van der Waals surface area contributed by atoms with Crippen LogP contribution in [0.2, 0.25) is 0 Å². The molecule has 1 aliphatic heterocycles. The molecule has 140 valence electrons. The molecule has 0 bridgehead atoms. The van der Waals surface area contributed by atoms with Crippen molar-refractivity contribution in [2.45, 2.75) is 20.0 Å². The number of aliphatic imine (C=N–C) groups is 1. The number of hydrogen-bond donors (Lipinski definition) is 1. The summed E-state index contributed by atoms with van der Waals surface area (Å²) in [7, 11) is 1.62. The maximum Gasteiger partial charge on any atom is 0.213 e. The Morgan fingerprint density at radius 1 is 1.31 bits per heavy atom. The molecule has 0 radical (unpaired) electrons. The zero-order chi connectivity index (χ0) is 18.2. The highest BCUT2D eigenvalue weighted by atomic mass is 16.5. The monoisotopic (exact) mass is 358 g/mol. The first-order valence-corrected chi connectivity index (χ1v) is 8.92. The van der Waals surface area contributed by atoms with Crippen molar-refractivity contribution in [3.63, 3.8) is 0 Å². The fourth-order valence-corrected chi connectivity index (χ4v) is 2.92. The van der Waals surface area contributed by atoms with Crippen LogP contribution in [0, 0.1) is 0 Å². The molecule has 8 heteroatoms. The molecular formula is C18H26N6O2.